The summed E-state index contributed by atoms with van der Waals surface area (Å²) in [7, 11) is 1.69. The van der Waals surface area contributed by atoms with Gasteiger partial charge >= 0.3 is 0 Å². The first kappa shape index (κ1) is 16.2. The van der Waals surface area contributed by atoms with Crippen LogP contribution in [0.5, 0.6) is 0 Å². The second-order valence-corrected chi connectivity index (χ2v) is 6.12. The first-order valence-corrected chi connectivity index (χ1v) is 8.08. The molecule has 0 radical (unpaired) electrons. The van der Waals surface area contributed by atoms with Gasteiger partial charge in [-0.05, 0) is 24.5 Å². The van der Waals surface area contributed by atoms with Crippen LogP contribution in [0.3, 0.4) is 0 Å². The van der Waals surface area contributed by atoms with Crippen molar-refractivity contribution in [3.05, 3.63) is 33.9 Å². The smallest absolute Gasteiger partial charge is 0.292 e. The molecule has 0 bridgehead atoms. The average Bonchev–Trinajstić information content (AvgIpc) is 3.02. The van der Waals surface area contributed by atoms with Crippen molar-refractivity contribution in [1.29, 1.82) is 0 Å². The molecule has 1 heterocycles. The van der Waals surface area contributed by atoms with Gasteiger partial charge in [-0.15, -0.1) is 0 Å². The Morgan fingerprint density at radius 2 is 2.00 bits per heavy atom. The quantitative estimate of drug-likeness (QED) is 0.640. The minimum Gasteiger partial charge on any atom is -0.383 e. The zero-order valence-electron chi connectivity index (χ0n) is 13.3. The standard InChI is InChI=1S/C16H23N3O4/c1-17-14-3-2-12(10-15(14)19(20)21)11-18-13-4-6-16(7-5-13)22-8-9-23-16/h2-3,10,13,17-18H,4-9,11H2,1H3. The molecule has 2 fully saturated rings. The van der Waals surface area contributed by atoms with Gasteiger partial charge in [-0.3, -0.25) is 10.1 Å². The van der Waals surface area contributed by atoms with Gasteiger partial charge in [0, 0.05) is 38.5 Å². The Balaban J connectivity index is 1.55. The van der Waals surface area contributed by atoms with Gasteiger partial charge in [0.25, 0.3) is 5.69 Å². The second kappa shape index (κ2) is 6.82. The Labute approximate surface area is 135 Å². The summed E-state index contributed by atoms with van der Waals surface area (Å²) in [5.74, 6) is -0.342. The van der Waals surface area contributed by atoms with Gasteiger partial charge in [-0.2, -0.15) is 0 Å². The van der Waals surface area contributed by atoms with Crippen molar-refractivity contribution in [3.8, 4) is 0 Å². The number of benzene rings is 1. The fourth-order valence-electron chi connectivity index (χ4n) is 3.36. The molecule has 1 aliphatic carbocycles. The zero-order valence-corrected chi connectivity index (χ0v) is 13.3. The van der Waals surface area contributed by atoms with Crippen molar-refractivity contribution in [1.82, 2.24) is 5.32 Å². The summed E-state index contributed by atoms with van der Waals surface area (Å²) in [6, 6.07) is 5.70. The van der Waals surface area contributed by atoms with Crippen LogP contribution >= 0.6 is 0 Å². The molecule has 23 heavy (non-hydrogen) atoms. The number of nitrogens with one attached hydrogen (secondary N) is 2. The molecule has 0 amide bonds. The fourth-order valence-corrected chi connectivity index (χ4v) is 3.36. The number of hydrogen-bond donors (Lipinski definition) is 2. The van der Waals surface area contributed by atoms with Crippen molar-refractivity contribution in [2.75, 3.05) is 25.6 Å². The predicted molar refractivity (Wildman–Crippen MR) is 86.4 cm³/mol. The van der Waals surface area contributed by atoms with Crippen LogP contribution < -0.4 is 10.6 Å². The number of hydrogen-bond acceptors (Lipinski definition) is 6. The Morgan fingerprint density at radius 1 is 1.30 bits per heavy atom. The summed E-state index contributed by atoms with van der Waals surface area (Å²) in [6.45, 7) is 2.02. The highest BCUT2D eigenvalue weighted by Gasteiger charge is 2.40. The van der Waals surface area contributed by atoms with E-state index in [1.807, 2.05) is 6.07 Å². The number of ether oxygens (including phenoxy) is 2. The van der Waals surface area contributed by atoms with Crippen LogP contribution in [0.1, 0.15) is 31.2 Å². The molecule has 126 valence electrons. The van der Waals surface area contributed by atoms with E-state index < -0.39 is 0 Å². The number of nitro benzene ring substituents is 1. The van der Waals surface area contributed by atoms with Crippen LogP contribution in [-0.2, 0) is 16.0 Å². The van der Waals surface area contributed by atoms with Gasteiger partial charge in [0.1, 0.15) is 5.69 Å². The third-order valence-corrected chi connectivity index (χ3v) is 4.68. The lowest BCUT2D eigenvalue weighted by atomic mass is 9.90. The first-order valence-electron chi connectivity index (χ1n) is 8.08. The molecule has 0 atom stereocenters. The van der Waals surface area contributed by atoms with E-state index in [-0.39, 0.29) is 16.4 Å². The summed E-state index contributed by atoms with van der Waals surface area (Å²) in [5, 5.41) is 17.4. The fraction of sp³-hybridized carbons (Fsp3) is 0.625. The molecular weight excluding hydrogens is 298 g/mol. The van der Waals surface area contributed by atoms with E-state index in [0.717, 1.165) is 31.2 Å². The lowest BCUT2D eigenvalue weighted by Gasteiger charge is -2.35. The minimum absolute atomic E-state index is 0.113. The van der Waals surface area contributed by atoms with Crippen LogP contribution in [0.25, 0.3) is 0 Å². The normalized spacial score (nSPS) is 20.7. The van der Waals surface area contributed by atoms with Gasteiger partial charge in [-0.25, -0.2) is 0 Å². The maximum absolute atomic E-state index is 11.1. The summed E-state index contributed by atoms with van der Waals surface area (Å²) in [6.07, 6.45) is 3.81. The Kier molecular flexibility index (Phi) is 4.79. The van der Waals surface area contributed by atoms with E-state index in [9.17, 15) is 10.1 Å². The van der Waals surface area contributed by atoms with E-state index in [2.05, 4.69) is 10.6 Å². The van der Waals surface area contributed by atoms with Crippen molar-refractivity contribution >= 4 is 11.4 Å². The van der Waals surface area contributed by atoms with E-state index in [0.29, 0.717) is 31.5 Å². The molecule has 2 N–H and O–H groups in total. The van der Waals surface area contributed by atoms with Crippen molar-refractivity contribution in [2.24, 2.45) is 0 Å². The molecule has 1 spiro atoms. The Bertz CT molecular complexity index is 562. The highest BCUT2D eigenvalue weighted by Crippen LogP contribution is 2.35. The molecule has 1 aromatic rings. The van der Waals surface area contributed by atoms with Crippen molar-refractivity contribution in [2.45, 2.75) is 44.1 Å². The monoisotopic (exact) mass is 321 g/mol. The Hall–Kier alpha value is -1.70. The largest absolute Gasteiger partial charge is 0.383 e. The minimum atomic E-state index is -0.353. The van der Waals surface area contributed by atoms with Crippen molar-refractivity contribution in [3.63, 3.8) is 0 Å². The number of anilines is 1. The molecule has 0 unspecified atom stereocenters. The van der Waals surface area contributed by atoms with Gasteiger partial charge in [0.05, 0.1) is 18.1 Å². The molecule has 7 heteroatoms. The van der Waals surface area contributed by atoms with E-state index in [1.54, 1.807) is 19.2 Å². The lowest BCUT2D eigenvalue weighted by molar-refractivity contribution is -0.384. The average molecular weight is 321 g/mol. The molecule has 0 aromatic heterocycles. The van der Waals surface area contributed by atoms with Crippen molar-refractivity contribution < 1.29 is 14.4 Å². The molecule has 2 aliphatic rings. The number of nitro groups is 1. The van der Waals surface area contributed by atoms with E-state index in [1.165, 1.54) is 0 Å². The summed E-state index contributed by atoms with van der Waals surface area (Å²) in [5.41, 5.74) is 1.57. The van der Waals surface area contributed by atoms with Gasteiger partial charge in [0.15, 0.2) is 5.79 Å². The molecule has 7 nitrogen and oxygen atoms in total. The second-order valence-electron chi connectivity index (χ2n) is 6.12. The Morgan fingerprint density at radius 3 is 2.61 bits per heavy atom. The molecule has 1 aromatic carbocycles. The highest BCUT2D eigenvalue weighted by molar-refractivity contribution is 5.62. The van der Waals surface area contributed by atoms with Crippen LogP contribution in [0.2, 0.25) is 0 Å². The SMILES string of the molecule is CNc1ccc(CNC2CCC3(CC2)OCCO3)cc1[N+](=O)[O-]. The summed E-state index contributed by atoms with van der Waals surface area (Å²) in [4.78, 5) is 10.7. The summed E-state index contributed by atoms with van der Waals surface area (Å²) >= 11 is 0. The topological polar surface area (TPSA) is 85.7 Å². The molecule has 3 rings (SSSR count). The van der Waals surface area contributed by atoms with Gasteiger partial charge in [0.2, 0.25) is 0 Å². The number of rotatable bonds is 5. The van der Waals surface area contributed by atoms with Gasteiger partial charge in [-0.1, -0.05) is 6.07 Å². The van der Waals surface area contributed by atoms with Gasteiger partial charge < -0.3 is 20.1 Å². The van der Waals surface area contributed by atoms with Crippen LogP contribution in [0.4, 0.5) is 11.4 Å². The first-order chi connectivity index (χ1) is 11.1. The molecule has 1 aliphatic heterocycles. The molecule has 1 saturated carbocycles. The van der Waals surface area contributed by atoms with Crippen LogP contribution in [0.15, 0.2) is 18.2 Å². The third kappa shape index (κ3) is 3.63. The van der Waals surface area contributed by atoms with Crippen LogP contribution in [-0.4, -0.2) is 37.0 Å². The summed E-state index contributed by atoms with van der Waals surface area (Å²) < 4.78 is 11.5. The molecular formula is C16H23N3O4. The van der Waals surface area contributed by atoms with Crippen LogP contribution in [0, 0.1) is 10.1 Å². The van der Waals surface area contributed by atoms with E-state index in [4.69, 9.17) is 9.47 Å². The maximum atomic E-state index is 11.1. The lowest BCUT2D eigenvalue weighted by Crippen LogP contribution is -2.41. The number of nitrogens with zero attached hydrogens (tertiary/aromatic N) is 1. The van der Waals surface area contributed by atoms with E-state index >= 15 is 0 Å². The predicted octanol–water partition coefficient (Wildman–Crippen LogP) is 2.41. The maximum Gasteiger partial charge on any atom is 0.292 e. The zero-order chi connectivity index (χ0) is 16.3. The highest BCUT2D eigenvalue weighted by atomic mass is 16.7. The molecule has 1 saturated heterocycles. The third-order valence-electron chi connectivity index (χ3n) is 4.68.